The normalized spacial score (nSPS) is 16.9. The van der Waals surface area contributed by atoms with Crippen LogP contribution in [0.15, 0.2) is 69.5 Å². The number of aryl methyl sites for hydroxylation is 1. The molecule has 208 valence electrons. The van der Waals surface area contributed by atoms with Gasteiger partial charge < -0.3 is 11.1 Å². The van der Waals surface area contributed by atoms with Crippen LogP contribution in [0.2, 0.25) is 0 Å². The molecule has 2 aromatic carbocycles. The Balaban J connectivity index is 1.38. The van der Waals surface area contributed by atoms with Crippen molar-refractivity contribution in [3.05, 3.63) is 92.2 Å². The van der Waals surface area contributed by atoms with E-state index in [2.05, 4.69) is 21.6 Å². The van der Waals surface area contributed by atoms with Crippen molar-refractivity contribution in [2.75, 3.05) is 16.0 Å². The van der Waals surface area contributed by atoms with Crippen molar-refractivity contribution in [1.29, 1.82) is 5.26 Å². The number of nitro benzene ring substituents is 1. The van der Waals surface area contributed by atoms with Gasteiger partial charge in [-0.05, 0) is 43.5 Å². The molecule has 1 amide bonds. The maximum atomic E-state index is 13.6. The van der Waals surface area contributed by atoms with Crippen LogP contribution < -0.4 is 16.0 Å². The highest BCUT2D eigenvalue weighted by atomic mass is 32.2. The Morgan fingerprint density at radius 3 is 2.76 bits per heavy atom. The van der Waals surface area contributed by atoms with Gasteiger partial charge in [0.1, 0.15) is 11.6 Å². The molecule has 0 radical (unpaired) electrons. The second-order valence-corrected chi connectivity index (χ2v) is 11.5. The number of thioether (sulfide) groups is 1. The minimum atomic E-state index is -0.720. The molecular formula is C27H22FN7O4S2. The molecule has 0 bridgehead atoms. The van der Waals surface area contributed by atoms with Gasteiger partial charge in [-0.15, -0.1) is 10.2 Å². The summed E-state index contributed by atoms with van der Waals surface area (Å²) in [7, 11) is 0. The largest absolute Gasteiger partial charge is 0.384 e. The van der Waals surface area contributed by atoms with Crippen LogP contribution in [0.5, 0.6) is 0 Å². The zero-order valence-electron chi connectivity index (χ0n) is 21.6. The zero-order valence-corrected chi connectivity index (χ0v) is 23.2. The van der Waals surface area contributed by atoms with Crippen LogP contribution in [0.4, 0.5) is 20.9 Å². The number of nitrogens with one attached hydrogen (secondary N) is 1. The van der Waals surface area contributed by atoms with E-state index in [0.717, 1.165) is 23.1 Å². The summed E-state index contributed by atoms with van der Waals surface area (Å²) < 4.78 is 14.1. The van der Waals surface area contributed by atoms with Crippen LogP contribution >= 0.6 is 23.1 Å². The van der Waals surface area contributed by atoms with Crippen molar-refractivity contribution in [1.82, 2.24) is 10.2 Å². The number of nitrogens with two attached hydrogens (primary N) is 1. The molecule has 1 atom stereocenters. The van der Waals surface area contributed by atoms with Gasteiger partial charge >= 0.3 is 0 Å². The van der Waals surface area contributed by atoms with Crippen molar-refractivity contribution >= 4 is 51.3 Å². The van der Waals surface area contributed by atoms with Crippen LogP contribution in [-0.4, -0.2) is 32.6 Å². The number of rotatable bonds is 7. The highest BCUT2D eigenvalue weighted by Crippen LogP contribution is 2.47. The molecule has 14 heteroatoms. The second-order valence-electron chi connectivity index (χ2n) is 9.31. The van der Waals surface area contributed by atoms with Crippen molar-refractivity contribution < 1.29 is 18.9 Å². The number of amides is 1. The number of carbonyl (C=O) groups is 2. The average molecular weight is 592 g/mol. The van der Waals surface area contributed by atoms with Gasteiger partial charge in [-0.1, -0.05) is 41.3 Å². The van der Waals surface area contributed by atoms with Gasteiger partial charge in [0.25, 0.3) is 5.69 Å². The van der Waals surface area contributed by atoms with E-state index < -0.39 is 16.7 Å². The lowest BCUT2D eigenvalue weighted by Crippen LogP contribution is -2.38. The number of carbonyl (C=O) groups excluding carboxylic acids is 2. The lowest BCUT2D eigenvalue weighted by molar-refractivity contribution is -0.385. The van der Waals surface area contributed by atoms with E-state index in [9.17, 15) is 29.4 Å². The van der Waals surface area contributed by atoms with Gasteiger partial charge in [0, 0.05) is 35.0 Å². The minimum Gasteiger partial charge on any atom is -0.384 e. The van der Waals surface area contributed by atoms with E-state index in [1.807, 2.05) is 0 Å². The van der Waals surface area contributed by atoms with E-state index >= 15 is 0 Å². The average Bonchev–Trinajstić information content (AvgIpc) is 3.41. The summed E-state index contributed by atoms with van der Waals surface area (Å²) in [4.78, 5) is 38.0. The molecule has 1 aliphatic heterocycles. The number of aromatic nitrogens is 2. The van der Waals surface area contributed by atoms with Crippen LogP contribution in [-0.2, 0) is 9.59 Å². The fraction of sp³-hybridized carbons (Fsp3) is 0.222. The lowest BCUT2D eigenvalue weighted by atomic mass is 9.76. The molecule has 0 saturated carbocycles. The first-order valence-corrected chi connectivity index (χ1v) is 14.2. The molecule has 0 fully saturated rings. The predicted molar refractivity (Wildman–Crippen MR) is 151 cm³/mol. The van der Waals surface area contributed by atoms with Crippen molar-refractivity contribution in [2.24, 2.45) is 5.73 Å². The number of anilines is 2. The number of nitriles is 1. The maximum Gasteiger partial charge on any atom is 0.274 e. The number of benzene rings is 2. The lowest BCUT2D eigenvalue weighted by Gasteiger charge is -2.38. The Kier molecular flexibility index (Phi) is 7.82. The van der Waals surface area contributed by atoms with E-state index in [0.29, 0.717) is 56.8 Å². The molecule has 0 saturated heterocycles. The fourth-order valence-corrected chi connectivity index (χ4v) is 6.53. The topological polar surface area (TPSA) is 168 Å². The SMILES string of the molecule is Cc1ccc(NC(=O)CSc2nnc(N3C(N)=C(C#N)C(c4ccc(F)cc4)C4=C3CCCC4=O)s2)cc1[N+](=O)[O-]. The van der Waals surface area contributed by atoms with Crippen LogP contribution in [0.3, 0.4) is 0 Å². The molecule has 0 spiro atoms. The molecule has 2 aliphatic rings. The van der Waals surface area contributed by atoms with Crippen molar-refractivity contribution in [2.45, 2.75) is 36.4 Å². The van der Waals surface area contributed by atoms with E-state index in [-0.39, 0.29) is 34.5 Å². The van der Waals surface area contributed by atoms with Crippen LogP contribution in [0.25, 0.3) is 0 Å². The first kappa shape index (κ1) is 27.9. The van der Waals surface area contributed by atoms with Crippen molar-refractivity contribution in [3.8, 4) is 6.07 Å². The van der Waals surface area contributed by atoms with Gasteiger partial charge in [0.05, 0.1) is 28.2 Å². The van der Waals surface area contributed by atoms with Crippen LogP contribution in [0.1, 0.15) is 36.3 Å². The summed E-state index contributed by atoms with van der Waals surface area (Å²) in [6.07, 6.45) is 1.43. The summed E-state index contributed by atoms with van der Waals surface area (Å²) in [6, 6.07) is 12.3. The molecule has 41 heavy (non-hydrogen) atoms. The molecule has 3 N–H and O–H groups in total. The highest BCUT2D eigenvalue weighted by Gasteiger charge is 2.41. The standard InChI is InChI=1S/C27H22FN7O4S2/c1-14-5-10-17(11-20(14)35(38)39)31-22(37)13-40-27-33-32-26(41-27)34-19-3-2-4-21(36)24(19)23(18(12-29)25(34)30)15-6-8-16(28)9-7-15/h5-11,23H,2-4,13,30H2,1H3,(H,31,37). The molecule has 3 aromatic rings. The molecule has 1 aromatic heterocycles. The van der Waals surface area contributed by atoms with E-state index in [1.165, 1.54) is 18.2 Å². The Morgan fingerprint density at radius 1 is 1.29 bits per heavy atom. The summed E-state index contributed by atoms with van der Waals surface area (Å²) in [5.41, 5.74) is 9.02. The number of allylic oxidation sites excluding steroid dienone is 3. The third-order valence-corrected chi connectivity index (χ3v) is 8.76. The third-order valence-electron chi connectivity index (χ3n) is 6.72. The van der Waals surface area contributed by atoms with E-state index in [1.54, 1.807) is 36.1 Å². The van der Waals surface area contributed by atoms with Gasteiger partial charge in [0.15, 0.2) is 10.1 Å². The van der Waals surface area contributed by atoms with Gasteiger partial charge in [-0.3, -0.25) is 24.6 Å². The summed E-state index contributed by atoms with van der Waals surface area (Å²) in [5, 5.41) is 32.6. The first-order valence-electron chi connectivity index (χ1n) is 12.4. The molecular weight excluding hydrogens is 569 g/mol. The fourth-order valence-electron chi connectivity index (χ4n) is 4.85. The number of Topliss-reactive ketones (excluding diaryl/α,β-unsaturated/α-hetero) is 1. The monoisotopic (exact) mass is 591 g/mol. The highest BCUT2D eigenvalue weighted by molar-refractivity contribution is 8.01. The number of halogens is 1. The predicted octanol–water partition coefficient (Wildman–Crippen LogP) is 4.93. The number of hydrogen-bond donors (Lipinski definition) is 2. The van der Waals surface area contributed by atoms with Crippen LogP contribution in [0, 0.1) is 34.2 Å². The Labute approximate surface area is 241 Å². The van der Waals surface area contributed by atoms with Crippen molar-refractivity contribution in [3.63, 3.8) is 0 Å². The summed E-state index contributed by atoms with van der Waals surface area (Å²) >= 11 is 2.26. The van der Waals surface area contributed by atoms with Gasteiger partial charge in [-0.2, -0.15) is 5.26 Å². The smallest absolute Gasteiger partial charge is 0.274 e. The number of ketones is 1. The quantitative estimate of drug-likeness (QED) is 0.218. The molecule has 11 nitrogen and oxygen atoms in total. The molecule has 5 rings (SSSR count). The first-order chi connectivity index (χ1) is 19.7. The van der Waals surface area contributed by atoms with Gasteiger partial charge in [0.2, 0.25) is 11.0 Å². The molecule has 2 heterocycles. The maximum absolute atomic E-state index is 13.6. The van der Waals surface area contributed by atoms with E-state index in [4.69, 9.17) is 5.73 Å². The second kappa shape index (κ2) is 11.5. The number of nitro groups is 1. The summed E-state index contributed by atoms with van der Waals surface area (Å²) in [5.74, 6) is -1.58. The van der Waals surface area contributed by atoms with Gasteiger partial charge in [-0.25, -0.2) is 4.39 Å². The Morgan fingerprint density at radius 2 is 2.05 bits per heavy atom. The summed E-state index contributed by atoms with van der Waals surface area (Å²) in [6.45, 7) is 1.61. The Hall–Kier alpha value is -4.61. The third kappa shape index (κ3) is 5.54. The number of hydrogen-bond acceptors (Lipinski definition) is 11. The Bertz CT molecular complexity index is 1680. The molecule has 1 unspecified atom stereocenters. The molecule has 1 aliphatic carbocycles. The zero-order chi connectivity index (χ0) is 29.3. The number of nitrogens with zero attached hydrogens (tertiary/aromatic N) is 5. The minimum absolute atomic E-state index is 0.0376.